The molecule has 2 aromatic rings. The van der Waals surface area contributed by atoms with E-state index in [1.807, 2.05) is 12.1 Å². The fraction of sp³-hybridized carbons (Fsp3) is 0.458. The summed E-state index contributed by atoms with van der Waals surface area (Å²) in [5.74, 6) is 0. The number of alkyl halides is 1. The maximum Gasteiger partial charge on any atom is 0.136 e. The minimum absolute atomic E-state index is 0.546. The SMILES string of the molecule is CC#N.CC(CCc1ccc(C2(F)CC2)cc1)N(C)CCc1ccccc1. The molecule has 0 aromatic heterocycles. The van der Waals surface area contributed by atoms with Crippen molar-refractivity contribution in [3.05, 3.63) is 71.3 Å². The van der Waals surface area contributed by atoms with E-state index in [0.29, 0.717) is 18.9 Å². The average Bonchev–Trinajstić information content (AvgIpc) is 3.44. The van der Waals surface area contributed by atoms with Crippen LogP contribution in [0.25, 0.3) is 0 Å². The van der Waals surface area contributed by atoms with Crippen LogP contribution in [-0.4, -0.2) is 24.5 Å². The lowest BCUT2D eigenvalue weighted by Gasteiger charge is -2.24. The second kappa shape index (κ2) is 10.2. The van der Waals surface area contributed by atoms with Gasteiger partial charge in [0, 0.05) is 19.5 Å². The second-order valence-electron chi connectivity index (χ2n) is 7.49. The largest absolute Gasteiger partial charge is 0.303 e. The smallest absolute Gasteiger partial charge is 0.136 e. The van der Waals surface area contributed by atoms with Crippen LogP contribution in [0.1, 0.15) is 49.8 Å². The van der Waals surface area contributed by atoms with E-state index in [9.17, 15) is 4.39 Å². The van der Waals surface area contributed by atoms with Gasteiger partial charge in [-0.05, 0) is 62.8 Å². The minimum atomic E-state index is -1.01. The van der Waals surface area contributed by atoms with Crippen molar-refractivity contribution in [2.75, 3.05) is 13.6 Å². The molecule has 0 bridgehead atoms. The van der Waals surface area contributed by atoms with Crippen LogP contribution in [0, 0.1) is 11.3 Å². The lowest BCUT2D eigenvalue weighted by molar-refractivity contribution is 0.249. The molecule has 2 nitrogen and oxygen atoms in total. The molecule has 1 fully saturated rings. The Morgan fingerprint density at radius 3 is 2.15 bits per heavy atom. The lowest BCUT2D eigenvalue weighted by Crippen LogP contribution is -2.31. The number of rotatable bonds is 8. The summed E-state index contributed by atoms with van der Waals surface area (Å²) in [6.45, 7) is 4.80. The Hall–Kier alpha value is -2.18. The molecule has 2 aromatic carbocycles. The number of benzene rings is 2. The Balaban J connectivity index is 0.000000817. The molecule has 0 aliphatic heterocycles. The van der Waals surface area contributed by atoms with Gasteiger partial charge in [0.25, 0.3) is 0 Å². The van der Waals surface area contributed by atoms with Gasteiger partial charge in [0.15, 0.2) is 0 Å². The zero-order chi connectivity index (χ0) is 19.7. The molecule has 1 aliphatic rings. The molecule has 0 radical (unpaired) electrons. The average molecular weight is 367 g/mol. The van der Waals surface area contributed by atoms with Crippen LogP contribution in [0.4, 0.5) is 4.39 Å². The number of likely N-dealkylation sites (N-methyl/N-ethyl adjacent to an activating group) is 1. The first-order valence-corrected chi connectivity index (χ1v) is 9.82. The molecular formula is C24H31FN2. The first-order chi connectivity index (χ1) is 13.0. The van der Waals surface area contributed by atoms with Crippen molar-refractivity contribution in [1.29, 1.82) is 5.26 Å². The van der Waals surface area contributed by atoms with Crippen molar-refractivity contribution in [2.24, 2.45) is 0 Å². The topological polar surface area (TPSA) is 27.0 Å². The summed E-state index contributed by atoms with van der Waals surface area (Å²) < 4.78 is 14.0. The maximum atomic E-state index is 14.0. The summed E-state index contributed by atoms with van der Waals surface area (Å²) in [6.07, 6.45) is 4.65. The van der Waals surface area contributed by atoms with Crippen LogP contribution in [0.2, 0.25) is 0 Å². The van der Waals surface area contributed by atoms with Gasteiger partial charge in [0.2, 0.25) is 0 Å². The molecular weight excluding hydrogens is 335 g/mol. The number of hydrogen-bond donors (Lipinski definition) is 0. The molecule has 3 rings (SSSR count). The second-order valence-corrected chi connectivity index (χ2v) is 7.49. The van der Waals surface area contributed by atoms with E-state index in [-0.39, 0.29) is 0 Å². The number of nitrogens with zero attached hydrogens (tertiary/aromatic N) is 2. The normalized spacial score (nSPS) is 15.4. The van der Waals surface area contributed by atoms with E-state index >= 15 is 0 Å². The van der Waals surface area contributed by atoms with Crippen molar-refractivity contribution in [3.8, 4) is 6.07 Å². The van der Waals surface area contributed by atoms with E-state index in [0.717, 1.165) is 31.4 Å². The van der Waals surface area contributed by atoms with E-state index in [1.54, 1.807) is 6.07 Å². The summed E-state index contributed by atoms with van der Waals surface area (Å²) in [5, 5.41) is 7.32. The van der Waals surface area contributed by atoms with Gasteiger partial charge in [0.1, 0.15) is 5.67 Å². The molecule has 0 N–H and O–H groups in total. The molecule has 144 valence electrons. The molecule has 1 unspecified atom stereocenters. The molecule has 27 heavy (non-hydrogen) atoms. The Kier molecular flexibility index (Phi) is 8.00. The fourth-order valence-electron chi connectivity index (χ4n) is 3.13. The van der Waals surface area contributed by atoms with E-state index in [4.69, 9.17) is 5.26 Å². The first-order valence-electron chi connectivity index (χ1n) is 9.82. The summed E-state index contributed by atoms with van der Waals surface area (Å²) >= 11 is 0. The lowest BCUT2D eigenvalue weighted by atomic mass is 10.0. The highest BCUT2D eigenvalue weighted by Crippen LogP contribution is 2.49. The van der Waals surface area contributed by atoms with Crippen LogP contribution in [0.5, 0.6) is 0 Å². The highest BCUT2D eigenvalue weighted by molar-refractivity contribution is 5.31. The first kappa shape index (κ1) is 21.1. The standard InChI is InChI=1S/C22H28FN.C2H3N/c1-18(24(2)17-14-19-6-4-3-5-7-19)8-9-20-10-12-21(13-11-20)22(23)15-16-22;1-2-3/h3-7,10-13,18H,8-9,14-17H2,1-2H3;1H3. The van der Waals surface area contributed by atoms with Gasteiger partial charge in [-0.3, -0.25) is 0 Å². The van der Waals surface area contributed by atoms with Crippen molar-refractivity contribution >= 4 is 0 Å². The summed E-state index contributed by atoms with van der Waals surface area (Å²) in [7, 11) is 2.21. The van der Waals surface area contributed by atoms with Crippen molar-refractivity contribution in [2.45, 2.75) is 57.7 Å². The summed E-state index contributed by atoms with van der Waals surface area (Å²) in [4.78, 5) is 2.43. The van der Waals surface area contributed by atoms with Crippen LogP contribution in [0.3, 0.4) is 0 Å². The third-order valence-corrected chi connectivity index (χ3v) is 5.36. The van der Waals surface area contributed by atoms with Gasteiger partial charge in [-0.1, -0.05) is 54.6 Å². The zero-order valence-corrected chi connectivity index (χ0v) is 16.8. The molecule has 0 saturated heterocycles. The van der Waals surface area contributed by atoms with Gasteiger partial charge >= 0.3 is 0 Å². The Bertz CT molecular complexity index is 714. The van der Waals surface area contributed by atoms with E-state index < -0.39 is 5.67 Å². The molecule has 0 heterocycles. The van der Waals surface area contributed by atoms with Gasteiger partial charge in [0.05, 0.1) is 6.07 Å². The highest BCUT2D eigenvalue weighted by atomic mass is 19.1. The van der Waals surface area contributed by atoms with Gasteiger partial charge < -0.3 is 4.90 Å². The molecule has 1 saturated carbocycles. The molecule has 0 spiro atoms. The predicted molar refractivity (Wildman–Crippen MR) is 110 cm³/mol. The van der Waals surface area contributed by atoms with Crippen molar-refractivity contribution < 1.29 is 4.39 Å². The number of aryl methyl sites for hydroxylation is 1. The quantitative estimate of drug-likeness (QED) is 0.602. The van der Waals surface area contributed by atoms with E-state index in [1.165, 1.54) is 18.1 Å². The van der Waals surface area contributed by atoms with Crippen molar-refractivity contribution in [1.82, 2.24) is 4.90 Å². The van der Waals surface area contributed by atoms with E-state index in [2.05, 4.69) is 61.3 Å². The van der Waals surface area contributed by atoms with Gasteiger partial charge in [-0.2, -0.15) is 5.26 Å². The Morgan fingerprint density at radius 1 is 1.04 bits per heavy atom. The van der Waals surface area contributed by atoms with Crippen molar-refractivity contribution in [3.63, 3.8) is 0 Å². The van der Waals surface area contributed by atoms with Crippen LogP contribution in [-0.2, 0) is 18.5 Å². The third-order valence-electron chi connectivity index (χ3n) is 5.36. The molecule has 1 atom stereocenters. The number of hydrogen-bond acceptors (Lipinski definition) is 2. The fourth-order valence-corrected chi connectivity index (χ4v) is 3.13. The highest BCUT2D eigenvalue weighted by Gasteiger charge is 2.44. The molecule has 1 aliphatic carbocycles. The summed E-state index contributed by atoms with van der Waals surface area (Å²) in [6, 6.07) is 21.1. The molecule has 3 heteroatoms. The zero-order valence-electron chi connectivity index (χ0n) is 16.8. The monoisotopic (exact) mass is 366 g/mol. The van der Waals surface area contributed by atoms with Crippen LogP contribution < -0.4 is 0 Å². The number of nitriles is 1. The summed E-state index contributed by atoms with van der Waals surface area (Å²) in [5.41, 5.74) is 2.56. The van der Waals surface area contributed by atoms with Gasteiger partial charge in [-0.25, -0.2) is 4.39 Å². The van der Waals surface area contributed by atoms with Crippen LogP contribution in [0.15, 0.2) is 54.6 Å². The van der Waals surface area contributed by atoms with Crippen LogP contribution >= 0.6 is 0 Å². The predicted octanol–water partition coefficient (Wildman–Crippen LogP) is 5.67. The number of halogens is 1. The Morgan fingerprint density at radius 2 is 1.59 bits per heavy atom. The maximum absolute atomic E-state index is 14.0. The Labute approximate surface area is 163 Å². The van der Waals surface area contributed by atoms with Gasteiger partial charge in [-0.15, -0.1) is 0 Å². The third kappa shape index (κ3) is 6.81. The molecule has 0 amide bonds. The minimum Gasteiger partial charge on any atom is -0.303 e.